The number of hydrogen-bond donors (Lipinski definition) is 2. The molecule has 1 saturated heterocycles. The van der Waals surface area contributed by atoms with Crippen molar-refractivity contribution in [3.05, 3.63) is 54.0 Å². The van der Waals surface area contributed by atoms with Gasteiger partial charge in [-0.3, -0.25) is 4.79 Å². The maximum Gasteiger partial charge on any atom is 0.267 e. The molecule has 4 rings (SSSR count). The topological polar surface area (TPSA) is 88.5 Å². The minimum atomic E-state index is -2.95. The highest BCUT2D eigenvalue weighted by Gasteiger charge is 2.46. The lowest BCUT2D eigenvalue weighted by molar-refractivity contribution is -0.114. The van der Waals surface area contributed by atoms with E-state index >= 15 is 0 Å². The maximum atomic E-state index is 14.2. The predicted octanol–water partition coefficient (Wildman–Crippen LogP) is 2.35. The van der Waals surface area contributed by atoms with Crippen molar-refractivity contribution in [3.63, 3.8) is 0 Å². The van der Waals surface area contributed by atoms with Crippen molar-refractivity contribution in [2.75, 3.05) is 23.3 Å². The van der Waals surface area contributed by atoms with E-state index in [1.807, 2.05) is 0 Å². The van der Waals surface area contributed by atoms with E-state index in [9.17, 15) is 18.0 Å². The number of nitrogens with zero attached hydrogens (tertiary/aromatic N) is 4. The summed E-state index contributed by atoms with van der Waals surface area (Å²) in [6.07, 6.45) is 0.958. The fraction of sp³-hybridized carbons (Fsp3) is 0.278. The van der Waals surface area contributed by atoms with Crippen LogP contribution in [-0.2, 0) is 4.79 Å². The van der Waals surface area contributed by atoms with Gasteiger partial charge in [-0.2, -0.15) is 4.52 Å². The molecule has 1 aromatic carbocycles. The Kier molecular flexibility index (Phi) is 4.42. The number of carbonyl (C=O) groups excluding carboxylic acids is 1. The number of fused-ring (bicyclic) bond motifs is 1. The smallest absolute Gasteiger partial charge is 0.267 e. The molecule has 10 heteroatoms. The number of amides is 1. The molecule has 3 heterocycles. The summed E-state index contributed by atoms with van der Waals surface area (Å²) in [5, 5.41) is 6.92. The Morgan fingerprint density at radius 3 is 2.89 bits per heavy atom. The fourth-order valence-electron chi connectivity index (χ4n) is 3.37. The van der Waals surface area contributed by atoms with Crippen molar-refractivity contribution in [3.8, 4) is 0 Å². The molecule has 28 heavy (non-hydrogen) atoms. The Labute approximate surface area is 158 Å². The van der Waals surface area contributed by atoms with Crippen molar-refractivity contribution >= 4 is 23.2 Å². The third-order valence-electron chi connectivity index (χ3n) is 4.60. The molecule has 2 aromatic heterocycles. The van der Waals surface area contributed by atoms with Gasteiger partial charge in [0, 0.05) is 6.42 Å². The van der Waals surface area contributed by atoms with Gasteiger partial charge in [-0.25, -0.2) is 18.2 Å². The Bertz CT molecular complexity index is 1040. The van der Waals surface area contributed by atoms with Crippen LogP contribution in [0.3, 0.4) is 0 Å². The van der Waals surface area contributed by atoms with Crippen LogP contribution < -0.4 is 16.0 Å². The molecule has 3 N–H and O–H groups in total. The lowest BCUT2D eigenvalue weighted by Gasteiger charge is -2.25. The number of hydrogen-bond acceptors (Lipinski definition) is 5. The maximum absolute atomic E-state index is 14.2. The molecule has 1 amide bonds. The van der Waals surface area contributed by atoms with Gasteiger partial charge < -0.3 is 16.0 Å². The summed E-state index contributed by atoms with van der Waals surface area (Å²) in [5.41, 5.74) is 6.18. The van der Waals surface area contributed by atoms with Crippen LogP contribution in [0, 0.1) is 5.82 Å². The number of carbonyl (C=O) groups is 1. The molecule has 1 aliphatic rings. The number of benzene rings is 1. The minimum Gasteiger partial charge on any atom is -0.342 e. The molecule has 1 fully saturated rings. The fourth-order valence-corrected chi connectivity index (χ4v) is 3.37. The number of imidazole rings is 1. The molecule has 0 saturated carbocycles. The largest absolute Gasteiger partial charge is 0.342 e. The van der Waals surface area contributed by atoms with Gasteiger partial charge in [-0.1, -0.05) is 12.1 Å². The minimum absolute atomic E-state index is 0.215. The number of nitrogens with two attached hydrogens (primary N) is 1. The number of anilines is 2. The van der Waals surface area contributed by atoms with E-state index in [0.717, 1.165) is 0 Å². The average molecular weight is 390 g/mol. The number of aromatic nitrogens is 3. The van der Waals surface area contributed by atoms with Gasteiger partial charge in [0.25, 0.3) is 5.92 Å². The van der Waals surface area contributed by atoms with E-state index in [4.69, 9.17) is 5.73 Å². The summed E-state index contributed by atoms with van der Waals surface area (Å²) >= 11 is 0. The number of nitrogens with one attached hydrogen (secondary N) is 1. The van der Waals surface area contributed by atoms with Crippen molar-refractivity contribution in [2.24, 2.45) is 5.73 Å². The molecule has 3 aromatic rings. The highest BCUT2D eigenvalue weighted by molar-refractivity contribution is 5.91. The zero-order chi connectivity index (χ0) is 19.9. The van der Waals surface area contributed by atoms with Gasteiger partial charge in [-0.05, 0) is 29.8 Å². The van der Waals surface area contributed by atoms with Crippen molar-refractivity contribution in [1.29, 1.82) is 0 Å². The molecule has 1 atom stereocenters. The summed E-state index contributed by atoms with van der Waals surface area (Å²) in [6.45, 7) is -0.765. The van der Waals surface area contributed by atoms with Gasteiger partial charge in [0.05, 0.1) is 25.3 Å². The molecule has 0 bridgehead atoms. The zero-order valence-corrected chi connectivity index (χ0v) is 14.6. The van der Waals surface area contributed by atoms with E-state index < -0.39 is 36.7 Å². The zero-order valence-electron chi connectivity index (χ0n) is 14.6. The SMILES string of the molecule is NCC(=O)Nc1cnc2ccc(N3CC(F)(F)CC3c3cccc(F)c3)nn12. The summed E-state index contributed by atoms with van der Waals surface area (Å²) in [7, 11) is 0. The Balaban J connectivity index is 1.74. The van der Waals surface area contributed by atoms with Gasteiger partial charge in [0.2, 0.25) is 5.91 Å². The van der Waals surface area contributed by atoms with Crippen LogP contribution in [0.2, 0.25) is 0 Å². The molecule has 146 valence electrons. The Morgan fingerprint density at radius 1 is 1.32 bits per heavy atom. The first kappa shape index (κ1) is 18.2. The molecule has 1 unspecified atom stereocenters. The number of alkyl halides is 2. The van der Waals surface area contributed by atoms with E-state index in [1.54, 1.807) is 18.2 Å². The monoisotopic (exact) mass is 390 g/mol. The van der Waals surface area contributed by atoms with Crippen LogP contribution in [0.25, 0.3) is 5.65 Å². The highest BCUT2D eigenvalue weighted by atomic mass is 19.3. The van der Waals surface area contributed by atoms with Crippen LogP contribution in [0.5, 0.6) is 0 Å². The van der Waals surface area contributed by atoms with E-state index in [-0.39, 0.29) is 18.2 Å². The number of rotatable bonds is 4. The molecule has 7 nitrogen and oxygen atoms in total. The molecular weight excluding hydrogens is 373 g/mol. The molecule has 0 spiro atoms. The van der Waals surface area contributed by atoms with Gasteiger partial charge in [0.15, 0.2) is 11.5 Å². The van der Waals surface area contributed by atoms with Crippen molar-refractivity contribution in [2.45, 2.75) is 18.4 Å². The average Bonchev–Trinajstić information content (AvgIpc) is 3.21. The lowest BCUT2D eigenvalue weighted by Crippen LogP contribution is -2.28. The summed E-state index contributed by atoms with van der Waals surface area (Å²) in [6, 6.07) is 8.08. The molecular formula is C18H17F3N6O. The number of halogens is 3. The quantitative estimate of drug-likeness (QED) is 0.714. The standard InChI is InChI=1S/C18H17F3N6O/c19-12-3-1-2-11(6-12)13-7-18(20,21)10-26(13)15-5-4-14-23-9-16(27(14)25-15)24-17(28)8-22/h1-6,9,13H,7-8,10,22H2,(H,24,28). The van der Waals surface area contributed by atoms with Crippen molar-refractivity contribution < 1.29 is 18.0 Å². The second-order valence-corrected chi connectivity index (χ2v) is 6.62. The highest BCUT2D eigenvalue weighted by Crippen LogP contribution is 2.43. The third kappa shape index (κ3) is 3.38. The summed E-state index contributed by atoms with van der Waals surface area (Å²) in [5.74, 6) is -3.32. The second-order valence-electron chi connectivity index (χ2n) is 6.62. The van der Waals surface area contributed by atoms with Crippen LogP contribution in [0.15, 0.2) is 42.6 Å². The Morgan fingerprint density at radius 2 is 2.14 bits per heavy atom. The van der Waals surface area contributed by atoms with Crippen LogP contribution in [0.4, 0.5) is 24.8 Å². The van der Waals surface area contributed by atoms with Crippen molar-refractivity contribution in [1.82, 2.24) is 14.6 Å². The molecule has 0 aliphatic carbocycles. The van der Waals surface area contributed by atoms with Crippen LogP contribution in [0.1, 0.15) is 18.0 Å². The summed E-state index contributed by atoms with van der Waals surface area (Å²) < 4.78 is 43.4. The molecule has 1 aliphatic heterocycles. The van der Waals surface area contributed by atoms with Gasteiger partial charge in [-0.15, -0.1) is 5.10 Å². The predicted molar refractivity (Wildman–Crippen MR) is 96.7 cm³/mol. The first-order valence-electron chi connectivity index (χ1n) is 8.61. The molecule has 0 radical (unpaired) electrons. The third-order valence-corrected chi connectivity index (χ3v) is 4.60. The van der Waals surface area contributed by atoms with E-state index in [1.165, 1.54) is 33.8 Å². The normalized spacial score (nSPS) is 18.6. The first-order valence-corrected chi connectivity index (χ1v) is 8.61. The van der Waals surface area contributed by atoms with E-state index in [0.29, 0.717) is 11.2 Å². The lowest BCUT2D eigenvalue weighted by atomic mass is 10.0. The van der Waals surface area contributed by atoms with Crippen LogP contribution >= 0.6 is 0 Å². The second kappa shape index (κ2) is 6.79. The van der Waals surface area contributed by atoms with E-state index in [2.05, 4.69) is 15.4 Å². The summed E-state index contributed by atoms with van der Waals surface area (Å²) in [4.78, 5) is 17.1. The first-order chi connectivity index (χ1) is 13.4. The Hall–Kier alpha value is -3.14. The van der Waals surface area contributed by atoms with Gasteiger partial charge >= 0.3 is 0 Å². The van der Waals surface area contributed by atoms with Crippen LogP contribution in [-0.4, -0.2) is 39.5 Å². The van der Waals surface area contributed by atoms with Gasteiger partial charge in [0.1, 0.15) is 11.6 Å².